The lowest BCUT2D eigenvalue weighted by atomic mass is 10.4. The molecule has 3 nitrogen and oxygen atoms in total. The van der Waals surface area contributed by atoms with E-state index in [0.717, 1.165) is 50.7 Å². The normalized spacial score (nSPS) is 9.86. The van der Waals surface area contributed by atoms with E-state index in [1.54, 1.807) is 0 Å². The van der Waals surface area contributed by atoms with Crippen molar-refractivity contribution in [2.75, 3.05) is 26.3 Å². The van der Waals surface area contributed by atoms with Crippen LogP contribution in [0.2, 0.25) is 0 Å². The zero-order valence-corrected chi connectivity index (χ0v) is 10.1. The highest BCUT2D eigenvalue weighted by Gasteiger charge is 1.92. The van der Waals surface area contributed by atoms with Crippen LogP contribution in [0.25, 0.3) is 0 Å². The Hall–Kier alpha value is -0.350. The van der Waals surface area contributed by atoms with Crippen molar-refractivity contribution in [3.63, 3.8) is 0 Å². The molecule has 0 aliphatic carbocycles. The quantitative estimate of drug-likeness (QED) is 0.480. The van der Waals surface area contributed by atoms with Gasteiger partial charge in [0.05, 0.1) is 0 Å². The van der Waals surface area contributed by atoms with Crippen molar-refractivity contribution in [2.24, 2.45) is 0 Å². The van der Waals surface area contributed by atoms with Crippen LogP contribution in [0.5, 0.6) is 0 Å². The minimum absolute atomic E-state index is 0.752. The van der Waals surface area contributed by atoms with E-state index in [4.69, 9.17) is 17.0 Å². The molecule has 0 atom stereocenters. The molecule has 0 aromatic carbocycles. The Morgan fingerprint density at radius 2 is 1.79 bits per heavy atom. The van der Waals surface area contributed by atoms with Gasteiger partial charge >= 0.3 is 0 Å². The fraction of sp³-hybridized carbons (Fsp3) is 0.900. The average molecular weight is 218 g/mol. The van der Waals surface area contributed by atoms with Crippen LogP contribution >= 0.6 is 12.2 Å². The number of hydrogen-bond acceptors (Lipinski definition) is 2. The summed E-state index contributed by atoms with van der Waals surface area (Å²) < 4.78 is 5.34. The van der Waals surface area contributed by atoms with Gasteiger partial charge in [-0.2, -0.15) is 0 Å². The number of ether oxygens (including phenoxy) is 1. The van der Waals surface area contributed by atoms with Crippen LogP contribution < -0.4 is 10.6 Å². The number of hydrogen-bond donors (Lipinski definition) is 2. The highest BCUT2D eigenvalue weighted by Crippen LogP contribution is 1.84. The molecule has 0 radical (unpaired) electrons. The van der Waals surface area contributed by atoms with Gasteiger partial charge in [-0.25, -0.2) is 0 Å². The van der Waals surface area contributed by atoms with Gasteiger partial charge in [0, 0.05) is 26.3 Å². The maximum absolute atomic E-state index is 5.34. The Bertz CT molecular complexity index is 142. The summed E-state index contributed by atoms with van der Waals surface area (Å²) in [7, 11) is 0. The van der Waals surface area contributed by atoms with Crippen molar-refractivity contribution < 1.29 is 4.74 Å². The van der Waals surface area contributed by atoms with E-state index in [0.29, 0.717) is 0 Å². The first-order valence-corrected chi connectivity index (χ1v) is 5.81. The lowest BCUT2D eigenvalue weighted by Gasteiger charge is -2.09. The topological polar surface area (TPSA) is 33.3 Å². The zero-order valence-electron chi connectivity index (χ0n) is 9.27. The maximum atomic E-state index is 5.34. The summed E-state index contributed by atoms with van der Waals surface area (Å²) in [5, 5.41) is 7.00. The van der Waals surface area contributed by atoms with Crippen molar-refractivity contribution in [3.05, 3.63) is 0 Å². The van der Waals surface area contributed by atoms with Crippen LogP contribution in [0, 0.1) is 0 Å². The Balaban J connectivity index is 3.07. The Labute approximate surface area is 92.6 Å². The molecule has 0 saturated carbocycles. The van der Waals surface area contributed by atoms with E-state index >= 15 is 0 Å². The third-order valence-electron chi connectivity index (χ3n) is 1.64. The summed E-state index contributed by atoms with van der Waals surface area (Å²) in [6.07, 6.45) is 3.19. The minimum Gasteiger partial charge on any atom is -0.381 e. The molecule has 0 rings (SSSR count). The minimum atomic E-state index is 0.752. The summed E-state index contributed by atoms with van der Waals surface area (Å²) in [4.78, 5) is 0. The smallest absolute Gasteiger partial charge is 0.166 e. The highest BCUT2D eigenvalue weighted by atomic mass is 32.1. The molecule has 0 fully saturated rings. The zero-order chi connectivity index (χ0) is 10.6. The largest absolute Gasteiger partial charge is 0.381 e. The van der Waals surface area contributed by atoms with Crippen LogP contribution in [0.15, 0.2) is 0 Å². The van der Waals surface area contributed by atoms with Gasteiger partial charge < -0.3 is 15.4 Å². The van der Waals surface area contributed by atoms with Crippen molar-refractivity contribution in [2.45, 2.75) is 33.1 Å². The molecule has 0 saturated heterocycles. The van der Waals surface area contributed by atoms with Crippen molar-refractivity contribution in [1.82, 2.24) is 10.6 Å². The molecule has 0 heterocycles. The summed E-state index contributed by atoms with van der Waals surface area (Å²) in [6.45, 7) is 7.74. The molecule has 0 spiro atoms. The molecule has 84 valence electrons. The first-order chi connectivity index (χ1) is 6.81. The van der Waals surface area contributed by atoms with Gasteiger partial charge in [0.25, 0.3) is 0 Å². The maximum Gasteiger partial charge on any atom is 0.166 e. The molecular weight excluding hydrogens is 196 g/mol. The van der Waals surface area contributed by atoms with Crippen LogP contribution in [-0.4, -0.2) is 31.4 Å². The summed E-state index contributed by atoms with van der Waals surface area (Å²) in [5.41, 5.74) is 0. The molecular formula is C10H22N2OS. The third-order valence-corrected chi connectivity index (χ3v) is 1.92. The Morgan fingerprint density at radius 3 is 2.43 bits per heavy atom. The van der Waals surface area contributed by atoms with Gasteiger partial charge in [-0.1, -0.05) is 13.8 Å². The monoisotopic (exact) mass is 218 g/mol. The van der Waals surface area contributed by atoms with Crippen molar-refractivity contribution >= 4 is 17.3 Å². The van der Waals surface area contributed by atoms with Crippen LogP contribution in [0.1, 0.15) is 33.1 Å². The van der Waals surface area contributed by atoms with E-state index in [1.807, 2.05) is 0 Å². The number of nitrogens with one attached hydrogen (secondary N) is 2. The molecule has 14 heavy (non-hydrogen) atoms. The SMILES string of the molecule is CCCNC(=S)NCCCOCCC. The summed E-state index contributed by atoms with van der Waals surface area (Å²) in [5.74, 6) is 0. The molecule has 2 N–H and O–H groups in total. The van der Waals surface area contributed by atoms with Crippen LogP contribution in [0.4, 0.5) is 0 Å². The molecule has 0 aromatic rings. The Morgan fingerprint density at radius 1 is 1.07 bits per heavy atom. The molecule has 0 aromatic heterocycles. The second-order valence-electron chi connectivity index (χ2n) is 3.15. The average Bonchev–Trinajstić information content (AvgIpc) is 2.20. The summed E-state index contributed by atoms with van der Waals surface area (Å²) in [6, 6.07) is 0. The van der Waals surface area contributed by atoms with Crippen LogP contribution in [-0.2, 0) is 4.74 Å². The molecule has 0 unspecified atom stereocenters. The van der Waals surface area contributed by atoms with E-state index in [9.17, 15) is 0 Å². The highest BCUT2D eigenvalue weighted by molar-refractivity contribution is 7.80. The van der Waals surface area contributed by atoms with Gasteiger partial charge in [0.2, 0.25) is 0 Å². The number of rotatable bonds is 8. The lowest BCUT2D eigenvalue weighted by molar-refractivity contribution is 0.133. The van der Waals surface area contributed by atoms with E-state index in [-0.39, 0.29) is 0 Å². The Kier molecular flexibility index (Phi) is 10.5. The van der Waals surface area contributed by atoms with Gasteiger partial charge in [-0.05, 0) is 31.5 Å². The van der Waals surface area contributed by atoms with Gasteiger partial charge in [-0.15, -0.1) is 0 Å². The van der Waals surface area contributed by atoms with Crippen LogP contribution in [0.3, 0.4) is 0 Å². The standard InChI is InChI=1S/C10H22N2OS/c1-3-6-11-10(14)12-7-5-9-13-8-4-2/h3-9H2,1-2H3,(H2,11,12,14). The van der Waals surface area contributed by atoms with E-state index in [1.165, 1.54) is 0 Å². The van der Waals surface area contributed by atoms with Gasteiger partial charge in [-0.3, -0.25) is 0 Å². The van der Waals surface area contributed by atoms with Crippen molar-refractivity contribution in [1.29, 1.82) is 0 Å². The van der Waals surface area contributed by atoms with Gasteiger partial charge in [0.15, 0.2) is 5.11 Å². The first-order valence-electron chi connectivity index (χ1n) is 5.40. The second-order valence-corrected chi connectivity index (χ2v) is 3.56. The molecule has 0 aliphatic heterocycles. The van der Waals surface area contributed by atoms with Crippen molar-refractivity contribution in [3.8, 4) is 0 Å². The molecule has 0 aliphatic rings. The predicted molar refractivity (Wildman–Crippen MR) is 64.6 cm³/mol. The summed E-state index contributed by atoms with van der Waals surface area (Å²) >= 11 is 5.06. The molecule has 4 heteroatoms. The second kappa shape index (κ2) is 10.7. The predicted octanol–water partition coefficient (Wildman–Crippen LogP) is 1.68. The molecule has 0 amide bonds. The first kappa shape index (κ1) is 13.7. The molecule has 0 bridgehead atoms. The lowest BCUT2D eigenvalue weighted by Crippen LogP contribution is -2.36. The number of thiocarbonyl (C=S) groups is 1. The van der Waals surface area contributed by atoms with E-state index < -0.39 is 0 Å². The van der Waals surface area contributed by atoms with Gasteiger partial charge in [0.1, 0.15) is 0 Å². The fourth-order valence-electron chi connectivity index (χ4n) is 0.924. The van der Waals surface area contributed by atoms with E-state index in [2.05, 4.69) is 24.5 Å². The fourth-order valence-corrected chi connectivity index (χ4v) is 1.13. The third kappa shape index (κ3) is 9.74.